The zero-order valence-corrected chi connectivity index (χ0v) is 20.5. The molecule has 5 rings (SSSR count). The van der Waals surface area contributed by atoms with Crippen molar-refractivity contribution in [2.75, 3.05) is 20.3 Å². The minimum Gasteiger partial charge on any atom is -0.496 e. The molecule has 2 aliphatic heterocycles. The smallest absolute Gasteiger partial charge is 0.336 e. The maximum absolute atomic E-state index is 15.1. The van der Waals surface area contributed by atoms with E-state index in [1.807, 2.05) is 24.3 Å². The highest BCUT2D eigenvalue weighted by molar-refractivity contribution is 6.04. The molecule has 3 atom stereocenters. The average Bonchev–Trinajstić information content (AvgIpc) is 3.40. The lowest BCUT2D eigenvalue weighted by Gasteiger charge is -2.37. The molecule has 1 aliphatic carbocycles. The number of hydrogen-bond donors (Lipinski definition) is 1. The zero-order valence-electron chi connectivity index (χ0n) is 20.5. The number of Topliss-reactive ketones (excluding diaryl/α,β-unsaturated/α-hetero) is 1. The molecule has 0 radical (unpaired) electrons. The van der Waals surface area contributed by atoms with E-state index in [1.54, 1.807) is 32.2 Å². The summed E-state index contributed by atoms with van der Waals surface area (Å²) in [6, 6.07) is 14.0. The first-order valence-electron chi connectivity index (χ1n) is 12.4. The first-order valence-corrected chi connectivity index (χ1v) is 12.4. The van der Waals surface area contributed by atoms with Gasteiger partial charge in [0.15, 0.2) is 5.78 Å². The van der Waals surface area contributed by atoms with E-state index in [0.29, 0.717) is 35.6 Å². The summed E-state index contributed by atoms with van der Waals surface area (Å²) >= 11 is 0. The lowest BCUT2D eigenvalue weighted by Crippen LogP contribution is -2.36. The standard InChI is InChI=1S/C29H30FNO5/c1-17-26(29(33)36-16-19-8-7-13-35-19)27(21-10-3-5-11-22(21)30)28-23(31-17)14-18(15-24(28)32)20-9-4-6-12-25(20)34-2/h3-6,9-12,18-19,27,31H,7-8,13-16H2,1-2H3/t18-,19+,27+/m1/s1. The molecule has 1 saturated heterocycles. The summed E-state index contributed by atoms with van der Waals surface area (Å²) in [7, 11) is 1.61. The van der Waals surface area contributed by atoms with Crippen LogP contribution in [0.5, 0.6) is 5.75 Å². The fourth-order valence-electron chi connectivity index (χ4n) is 5.58. The maximum atomic E-state index is 15.1. The van der Waals surface area contributed by atoms with Crippen LogP contribution in [-0.4, -0.2) is 38.2 Å². The lowest BCUT2D eigenvalue weighted by atomic mass is 9.71. The van der Waals surface area contributed by atoms with Gasteiger partial charge in [0.1, 0.15) is 18.2 Å². The quantitative estimate of drug-likeness (QED) is 0.579. The summed E-state index contributed by atoms with van der Waals surface area (Å²) in [4.78, 5) is 27.1. The molecule has 0 saturated carbocycles. The maximum Gasteiger partial charge on any atom is 0.336 e. The van der Waals surface area contributed by atoms with Crippen LogP contribution in [0.15, 0.2) is 71.1 Å². The Labute approximate surface area is 210 Å². The number of halogens is 1. The molecule has 7 heteroatoms. The fourth-order valence-corrected chi connectivity index (χ4v) is 5.58. The summed E-state index contributed by atoms with van der Waals surface area (Å²) in [5.41, 5.74) is 3.21. The van der Waals surface area contributed by atoms with Crippen LogP contribution in [0.2, 0.25) is 0 Å². The molecule has 1 N–H and O–H groups in total. The number of allylic oxidation sites excluding steroid dienone is 3. The summed E-state index contributed by atoms with van der Waals surface area (Å²) < 4.78 is 31.9. The number of nitrogens with one attached hydrogen (secondary N) is 1. The van der Waals surface area contributed by atoms with Gasteiger partial charge in [-0.15, -0.1) is 0 Å². The van der Waals surface area contributed by atoms with Crippen molar-refractivity contribution in [3.63, 3.8) is 0 Å². The van der Waals surface area contributed by atoms with Gasteiger partial charge >= 0.3 is 5.97 Å². The van der Waals surface area contributed by atoms with Crippen LogP contribution in [0.25, 0.3) is 0 Å². The summed E-state index contributed by atoms with van der Waals surface area (Å²) in [5.74, 6) is -1.35. The van der Waals surface area contributed by atoms with Crippen LogP contribution in [0.1, 0.15) is 55.6 Å². The van der Waals surface area contributed by atoms with Crippen molar-refractivity contribution in [3.05, 3.63) is 88.0 Å². The molecule has 2 heterocycles. The number of carbonyl (C=O) groups excluding carboxylic acids is 2. The molecular formula is C29H30FNO5. The number of ketones is 1. The molecule has 0 bridgehead atoms. The van der Waals surface area contributed by atoms with Gasteiger partial charge < -0.3 is 19.5 Å². The number of ether oxygens (including phenoxy) is 3. The second-order valence-electron chi connectivity index (χ2n) is 9.51. The number of benzene rings is 2. The van der Waals surface area contributed by atoms with Gasteiger partial charge in [-0.3, -0.25) is 4.79 Å². The number of para-hydroxylation sites is 1. The number of esters is 1. The first kappa shape index (κ1) is 24.3. The highest BCUT2D eigenvalue weighted by atomic mass is 19.1. The number of carbonyl (C=O) groups is 2. The number of methoxy groups -OCH3 is 1. The highest BCUT2D eigenvalue weighted by Gasteiger charge is 2.42. The summed E-state index contributed by atoms with van der Waals surface area (Å²) in [6.45, 7) is 2.56. The highest BCUT2D eigenvalue weighted by Crippen LogP contribution is 2.47. The second kappa shape index (κ2) is 10.3. The Morgan fingerprint density at radius 3 is 2.58 bits per heavy atom. The van der Waals surface area contributed by atoms with E-state index in [-0.39, 0.29) is 36.4 Å². The fraction of sp³-hybridized carbons (Fsp3) is 0.379. The van der Waals surface area contributed by atoms with Crippen molar-refractivity contribution >= 4 is 11.8 Å². The van der Waals surface area contributed by atoms with Crippen molar-refractivity contribution in [1.82, 2.24) is 5.32 Å². The van der Waals surface area contributed by atoms with Gasteiger partial charge in [0.25, 0.3) is 0 Å². The predicted octanol–water partition coefficient (Wildman–Crippen LogP) is 4.92. The van der Waals surface area contributed by atoms with Crippen molar-refractivity contribution < 1.29 is 28.2 Å². The van der Waals surface area contributed by atoms with Crippen molar-refractivity contribution in [3.8, 4) is 5.75 Å². The number of dihydropyridines is 1. The molecule has 2 aromatic rings. The van der Waals surface area contributed by atoms with Gasteiger partial charge in [0.05, 0.1) is 24.7 Å². The zero-order chi connectivity index (χ0) is 25.2. The average molecular weight is 492 g/mol. The Hall–Kier alpha value is -3.45. The second-order valence-corrected chi connectivity index (χ2v) is 9.51. The van der Waals surface area contributed by atoms with Crippen LogP contribution < -0.4 is 10.1 Å². The molecular weight excluding hydrogens is 461 g/mol. The Bertz CT molecular complexity index is 1240. The van der Waals surface area contributed by atoms with Gasteiger partial charge in [-0.05, 0) is 43.9 Å². The third-order valence-corrected chi connectivity index (χ3v) is 7.27. The van der Waals surface area contributed by atoms with Gasteiger partial charge in [-0.25, -0.2) is 9.18 Å². The van der Waals surface area contributed by atoms with E-state index in [2.05, 4.69) is 5.32 Å². The lowest BCUT2D eigenvalue weighted by molar-refractivity contribution is -0.142. The van der Waals surface area contributed by atoms with Gasteiger partial charge in [-0.1, -0.05) is 36.4 Å². The Balaban J connectivity index is 1.52. The monoisotopic (exact) mass is 491 g/mol. The van der Waals surface area contributed by atoms with Crippen LogP contribution in [0, 0.1) is 5.82 Å². The molecule has 6 nitrogen and oxygen atoms in total. The van der Waals surface area contributed by atoms with Gasteiger partial charge in [0.2, 0.25) is 0 Å². The molecule has 0 aromatic heterocycles. The Morgan fingerprint density at radius 1 is 1.11 bits per heavy atom. The number of hydrogen-bond acceptors (Lipinski definition) is 6. The third kappa shape index (κ3) is 4.55. The first-order chi connectivity index (χ1) is 17.5. The molecule has 0 spiro atoms. The molecule has 2 aromatic carbocycles. The summed E-state index contributed by atoms with van der Waals surface area (Å²) in [5, 5.41) is 3.31. The van der Waals surface area contributed by atoms with E-state index in [9.17, 15) is 9.59 Å². The molecule has 3 aliphatic rings. The van der Waals surface area contributed by atoms with Gasteiger partial charge in [0, 0.05) is 41.5 Å². The predicted molar refractivity (Wildman–Crippen MR) is 132 cm³/mol. The molecule has 36 heavy (non-hydrogen) atoms. The van der Waals surface area contributed by atoms with E-state index in [4.69, 9.17) is 14.2 Å². The molecule has 0 unspecified atom stereocenters. The van der Waals surface area contributed by atoms with Crippen molar-refractivity contribution in [2.45, 2.75) is 50.5 Å². The van der Waals surface area contributed by atoms with Crippen molar-refractivity contribution in [2.24, 2.45) is 0 Å². The van der Waals surface area contributed by atoms with Gasteiger partial charge in [-0.2, -0.15) is 0 Å². The molecule has 188 valence electrons. The topological polar surface area (TPSA) is 73.9 Å². The largest absolute Gasteiger partial charge is 0.496 e. The molecule has 0 amide bonds. The normalized spacial score (nSPS) is 23.9. The molecule has 1 fully saturated rings. The van der Waals surface area contributed by atoms with E-state index < -0.39 is 17.7 Å². The van der Waals surface area contributed by atoms with E-state index in [0.717, 1.165) is 24.2 Å². The minimum atomic E-state index is -0.842. The third-order valence-electron chi connectivity index (χ3n) is 7.27. The van der Waals surface area contributed by atoms with Crippen molar-refractivity contribution in [1.29, 1.82) is 0 Å². The van der Waals surface area contributed by atoms with Crippen LogP contribution in [0.4, 0.5) is 4.39 Å². The minimum absolute atomic E-state index is 0.0954. The van der Waals surface area contributed by atoms with Crippen LogP contribution in [0.3, 0.4) is 0 Å². The van der Waals surface area contributed by atoms with E-state index >= 15 is 4.39 Å². The Morgan fingerprint density at radius 2 is 1.86 bits per heavy atom. The Kier molecular flexibility index (Phi) is 6.92. The number of rotatable bonds is 6. The van der Waals surface area contributed by atoms with Crippen LogP contribution >= 0.6 is 0 Å². The van der Waals surface area contributed by atoms with E-state index in [1.165, 1.54) is 6.07 Å². The van der Waals surface area contributed by atoms with Crippen LogP contribution in [-0.2, 0) is 19.1 Å². The SMILES string of the molecule is COc1ccccc1[C@H]1CC(=O)C2=C(C1)NC(C)=C(C(=O)OC[C@@H]1CCCO1)[C@@H]2c1ccccc1F. The summed E-state index contributed by atoms with van der Waals surface area (Å²) in [6.07, 6.45) is 2.41.